The first kappa shape index (κ1) is 23.5. The molecule has 35 heavy (non-hydrogen) atoms. The van der Waals surface area contributed by atoms with Crippen LogP contribution in [0.25, 0.3) is 17.0 Å². The van der Waals surface area contributed by atoms with Crippen molar-refractivity contribution >= 4 is 54.4 Å². The molecular weight excluding hydrogens is 530 g/mol. The highest BCUT2D eigenvalue weighted by Gasteiger charge is 2.22. The fourth-order valence-electron chi connectivity index (χ4n) is 4.06. The first-order chi connectivity index (χ1) is 16.9. The van der Waals surface area contributed by atoms with E-state index in [4.69, 9.17) is 4.74 Å². The molecule has 3 heterocycles. The Balaban J connectivity index is 1.61. The standard InChI is InChI=1S/C26H22BrN3O4S/c27-21-2-5-23(6-3-21)35(32,33)30-18-20(1-8-26(31)19-9-11-28-12-10-19)24-17-22(4-7-25(24)30)29-13-15-34-16-14-29/h1-12,17-18H,13-16H2/b8-1+. The topological polar surface area (TPSA) is 81.5 Å². The summed E-state index contributed by atoms with van der Waals surface area (Å²) in [6, 6.07) is 15.5. The number of halogens is 1. The Morgan fingerprint density at radius 2 is 1.71 bits per heavy atom. The molecule has 4 aromatic rings. The number of fused-ring (bicyclic) bond motifs is 1. The van der Waals surface area contributed by atoms with Gasteiger partial charge in [0.2, 0.25) is 0 Å². The van der Waals surface area contributed by atoms with E-state index in [-0.39, 0.29) is 10.7 Å². The van der Waals surface area contributed by atoms with Gasteiger partial charge in [0.15, 0.2) is 5.78 Å². The van der Waals surface area contributed by atoms with Crippen LogP contribution >= 0.6 is 15.9 Å². The Labute approximate surface area is 211 Å². The average molecular weight is 552 g/mol. The molecule has 0 bridgehead atoms. The molecule has 1 aliphatic rings. The van der Waals surface area contributed by atoms with Crippen molar-refractivity contribution in [1.29, 1.82) is 0 Å². The zero-order valence-corrected chi connectivity index (χ0v) is 21.1. The second kappa shape index (κ2) is 9.77. The van der Waals surface area contributed by atoms with Crippen molar-refractivity contribution in [3.05, 3.63) is 94.9 Å². The number of anilines is 1. The van der Waals surface area contributed by atoms with Crippen molar-refractivity contribution in [2.45, 2.75) is 4.90 Å². The molecule has 1 aliphatic heterocycles. The van der Waals surface area contributed by atoms with Gasteiger partial charge in [0.1, 0.15) is 0 Å². The number of morpholine rings is 1. The molecule has 0 N–H and O–H groups in total. The van der Waals surface area contributed by atoms with E-state index >= 15 is 0 Å². The zero-order chi connectivity index (χ0) is 24.4. The number of aromatic nitrogens is 2. The van der Waals surface area contributed by atoms with E-state index in [0.29, 0.717) is 29.9 Å². The van der Waals surface area contributed by atoms with Crippen LogP contribution in [-0.4, -0.2) is 49.5 Å². The third kappa shape index (κ3) is 4.80. The van der Waals surface area contributed by atoms with Gasteiger partial charge in [-0.2, -0.15) is 0 Å². The van der Waals surface area contributed by atoms with Crippen molar-refractivity contribution in [1.82, 2.24) is 8.96 Å². The Morgan fingerprint density at radius 1 is 1.00 bits per heavy atom. The number of carbonyl (C=O) groups is 1. The highest BCUT2D eigenvalue weighted by atomic mass is 79.9. The maximum absolute atomic E-state index is 13.5. The van der Waals surface area contributed by atoms with Crippen LogP contribution in [-0.2, 0) is 14.8 Å². The van der Waals surface area contributed by atoms with Crippen LogP contribution in [0.1, 0.15) is 15.9 Å². The van der Waals surface area contributed by atoms with Gasteiger partial charge >= 0.3 is 0 Å². The molecule has 0 amide bonds. The molecule has 1 saturated heterocycles. The highest BCUT2D eigenvalue weighted by Crippen LogP contribution is 2.31. The summed E-state index contributed by atoms with van der Waals surface area (Å²) >= 11 is 3.35. The van der Waals surface area contributed by atoms with Crippen LogP contribution in [0, 0.1) is 0 Å². The minimum Gasteiger partial charge on any atom is -0.378 e. The van der Waals surface area contributed by atoms with Gasteiger partial charge in [0.05, 0.1) is 23.6 Å². The Morgan fingerprint density at radius 3 is 2.43 bits per heavy atom. The normalized spacial score (nSPS) is 14.6. The van der Waals surface area contributed by atoms with Crippen molar-refractivity contribution in [3.8, 4) is 0 Å². The number of allylic oxidation sites excluding steroid dienone is 1. The highest BCUT2D eigenvalue weighted by molar-refractivity contribution is 9.10. The SMILES string of the molecule is O=C(/C=C/c1cn(S(=O)(=O)c2ccc(Br)cc2)c2ccc(N3CCOCC3)cc12)c1ccncc1. The quantitative estimate of drug-likeness (QED) is 0.253. The molecular formula is C26H22BrN3O4S. The predicted octanol–water partition coefficient (Wildman–Crippen LogP) is 4.77. The lowest BCUT2D eigenvalue weighted by Crippen LogP contribution is -2.36. The number of carbonyl (C=O) groups excluding carboxylic acids is 1. The van der Waals surface area contributed by atoms with E-state index in [1.165, 1.54) is 10.0 Å². The van der Waals surface area contributed by atoms with Gasteiger partial charge in [0, 0.05) is 58.4 Å². The molecule has 0 aliphatic carbocycles. The Bertz CT molecular complexity index is 1510. The number of rotatable bonds is 6. The average Bonchev–Trinajstić information content (AvgIpc) is 3.27. The van der Waals surface area contributed by atoms with Gasteiger partial charge in [-0.15, -0.1) is 0 Å². The summed E-state index contributed by atoms with van der Waals surface area (Å²) in [5.74, 6) is -0.187. The van der Waals surface area contributed by atoms with E-state index in [9.17, 15) is 13.2 Å². The molecule has 0 atom stereocenters. The third-order valence-corrected chi connectivity index (χ3v) is 8.13. The number of benzene rings is 2. The van der Waals surface area contributed by atoms with Crippen molar-refractivity contribution in [2.24, 2.45) is 0 Å². The van der Waals surface area contributed by atoms with Gasteiger partial charge in [-0.3, -0.25) is 9.78 Å². The minimum atomic E-state index is -3.85. The summed E-state index contributed by atoms with van der Waals surface area (Å²) in [4.78, 5) is 19.0. The van der Waals surface area contributed by atoms with E-state index in [0.717, 1.165) is 28.6 Å². The summed E-state index contributed by atoms with van der Waals surface area (Å²) < 4.78 is 34.6. The lowest BCUT2D eigenvalue weighted by Gasteiger charge is -2.29. The molecule has 0 saturated carbocycles. The number of ketones is 1. The minimum absolute atomic E-state index is 0.179. The number of ether oxygens (including phenoxy) is 1. The third-order valence-electron chi connectivity index (χ3n) is 5.91. The molecule has 178 valence electrons. The van der Waals surface area contributed by atoms with Gasteiger partial charge < -0.3 is 9.64 Å². The summed E-state index contributed by atoms with van der Waals surface area (Å²) in [7, 11) is -3.85. The van der Waals surface area contributed by atoms with Crippen LogP contribution < -0.4 is 4.90 Å². The van der Waals surface area contributed by atoms with E-state index in [1.807, 2.05) is 18.2 Å². The number of nitrogens with zero attached hydrogens (tertiary/aromatic N) is 3. The van der Waals surface area contributed by atoms with E-state index < -0.39 is 10.0 Å². The molecule has 7 nitrogen and oxygen atoms in total. The van der Waals surface area contributed by atoms with Gasteiger partial charge in [0.25, 0.3) is 10.0 Å². The van der Waals surface area contributed by atoms with E-state index in [2.05, 4.69) is 25.8 Å². The lowest BCUT2D eigenvalue weighted by atomic mass is 10.1. The lowest BCUT2D eigenvalue weighted by molar-refractivity contribution is 0.104. The zero-order valence-electron chi connectivity index (χ0n) is 18.7. The number of hydrogen-bond donors (Lipinski definition) is 0. The van der Waals surface area contributed by atoms with E-state index in [1.54, 1.807) is 61.1 Å². The monoisotopic (exact) mass is 551 g/mol. The fraction of sp³-hybridized carbons (Fsp3) is 0.154. The molecule has 1 fully saturated rings. The Kier molecular flexibility index (Phi) is 6.55. The molecule has 2 aromatic heterocycles. The molecule has 9 heteroatoms. The van der Waals surface area contributed by atoms with Crippen LogP contribution in [0.3, 0.4) is 0 Å². The Hall–Kier alpha value is -3.27. The predicted molar refractivity (Wildman–Crippen MR) is 139 cm³/mol. The van der Waals surface area contributed by atoms with Crippen LogP contribution in [0.2, 0.25) is 0 Å². The number of pyridine rings is 1. The maximum Gasteiger partial charge on any atom is 0.268 e. The molecule has 0 spiro atoms. The summed E-state index contributed by atoms with van der Waals surface area (Å²) in [6.45, 7) is 2.80. The van der Waals surface area contributed by atoms with Gasteiger partial charge in [-0.05, 0) is 66.7 Å². The van der Waals surface area contributed by atoms with Gasteiger partial charge in [-0.1, -0.05) is 15.9 Å². The van der Waals surface area contributed by atoms with Crippen molar-refractivity contribution < 1.29 is 17.9 Å². The summed E-state index contributed by atoms with van der Waals surface area (Å²) in [6.07, 6.45) is 7.82. The van der Waals surface area contributed by atoms with Crippen LogP contribution in [0.5, 0.6) is 0 Å². The summed E-state index contributed by atoms with van der Waals surface area (Å²) in [5, 5.41) is 0.744. The van der Waals surface area contributed by atoms with Crippen LogP contribution in [0.4, 0.5) is 5.69 Å². The molecule has 0 radical (unpaired) electrons. The summed E-state index contributed by atoms with van der Waals surface area (Å²) in [5.41, 5.74) is 2.67. The second-order valence-electron chi connectivity index (χ2n) is 8.07. The molecule has 5 rings (SSSR count). The smallest absolute Gasteiger partial charge is 0.268 e. The van der Waals surface area contributed by atoms with Crippen LogP contribution in [0.15, 0.2) is 88.6 Å². The maximum atomic E-state index is 13.5. The molecule has 0 unspecified atom stereocenters. The number of hydrogen-bond acceptors (Lipinski definition) is 6. The second-order valence-corrected chi connectivity index (χ2v) is 10.8. The van der Waals surface area contributed by atoms with Crippen molar-refractivity contribution in [2.75, 3.05) is 31.2 Å². The first-order valence-electron chi connectivity index (χ1n) is 11.0. The van der Waals surface area contributed by atoms with Crippen molar-refractivity contribution in [3.63, 3.8) is 0 Å². The first-order valence-corrected chi connectivity index (χ1v) is 13.3. The largest absolute Gasteiger partial charge is 0.378 e. The van der Waals surface area contributed by atoms with Gasteiger partial charge in [-0.25, -0.2) is 12.4 Å². The fourth-order valence-corrected chi connectivity index (χ4v) is 5.70. The molecule has 2 aromatic carbocycles.